The third kappa shape index (κ3) is 2.97. The zero-order valence-electron chi connectivity index (χ0n) is 13.9. The van der Waals surface area contributed by atoms with E-state index in [1.54, 1.807) is 0 Å². The van der Waals surface area contributed by atoms with E-state index in [4.69, 9.17) is 0 Å². The summed E-state index contributed by atoms with van der Waals surface area (Å²) >= 11 is 0. The monoisotopic (exact) mass is 298 g/mol. The van der Waals surface area contributed by atoms with Crippen LogP contribution in [0.2, 0.25) is 0 Å². The average Bonchev–Trinajstić information content (AvgIpc) is 2.59. The standard InChI is InChI=1S/C19H27N3/c1-2-3-11-18-16-10-6-5-9-15(16)17(14-20)19(21-18)22-12-7-4-8-13-22/h2-13H2,1H3/p+1. The number of H-pyrrole nitrogens is 1. The zero-order chi connectivity index (χ0) is 15.4. The molecule has 118 valence electrons. The molecule has 1 fully saturated rings. The van der Waals surface area contributed by atoms with Crippen LogP contribution in [0.3, 0.4) is 0 Å². The second kappa shape index (κ2) is 7.13. The van der Waals surface area contributed by atoms with Crippen molar-refractivity contribution >= 4 is 5.82 Å². The van der Waals surface area contributed by atoms with E-state index in [1.165, 1.54) is 61.8 Å². The van der Waals surface area contributed by atoms with Crippen LogP contribution in [0.25, 0.3) is 0 Å². The highest BCUT2D eigenvalue weighted by molar-refractivity contribution is 5.58. The van der Waals surface area contributed by atoms with E-state index < -0.39 is 0 Å². The Bertz CT molecular complexity index is 565. The third-order valence-electron chi connectivity index (χ3n) is 5.20. The van der Waals surface area contributed by atoms with Gasteiger partial charge in [0.05, 0.1) is 13.1 Å². The summed E-state index contributed by atoms with van der Waals surface area (Å²) in [6.45, 7) is 4.44. The summed E-state index contributed by atoms with van der Waals surface area (Å²) in [7, 11) is 0. The Balaban J connectivity index is 2.05. The molecular weight excluding hydrogens is 270 g/mol. The highest BCUT2D eigenvalue weighted by Crippen LogP contribution is 2.31. The van der Waals surface area contributed by atoms with Crippen LogP contribution in [0.1, 0.15) is 74.3 Å². The molecule has 0 aromatic carbocycles. The summed E-state index contributed by atoms with van der Waals surface area (Å²) in [4.78, 5) is 6.12. The molecular formula is C19H28N3+. The number of nitriles is 1. The lowest BCUT2D eigenvalue weighted by Gasteiger charge is -2.26. The number of anilines is 1. The van der Waals surface area contributed by atoms with Gasteiger partial charge in [-0.3, -0.25) is 4.90 Å². The fraction of sp³-hybridized carbons (Fsp3) is 0.684. The smallest absolute Gasteiger partial charge is 0.261 e. The van der Waals surface area contributed by atoms with Crippen LogP contribution in [0.4, 0.5) is 5.82 Å². The van der Waals surface area contributed by atoms with Crippen LogP contribution >= 0.6 is 0 Å². The van der Waals surface area contributed by atoms with Crippen molar-refractivity contribution in [2.75, 3.05) is 18.0 Å². The van der Waals surface area contributed by atoms with Crippen LogP contribution in [-0.2, 0) is 19.3 Å². The van der Waals surface area contributed by atoms with Crippen molar-refractivity contribution < 1.29 is 4.98 Å². The average molecular weight is 298 g/mol. The maximum absolute atomic E-state index is 9.78. The van der Waals surface area contributed by atoms with Crippen LogP contribution in [-0.4, -0.2) is 13.1 Å². The zero-order valence-corrected chi connectivity index (χ0v) is 13.9. The minimum Gasteiger partial charge on any atom is -0.261 e. The first-order valence-electron chi connectivity index (χ1n) is 9.10. The first-order valence-corrected chi connectivity index (χ1v) is 9.10. The molecule has 22 heavy (non-hydrogen) atoms. The number of piperidine rings is 1. The highest BCUT2D eigenvalue weighted by atomic mass is 15.2. The lowest BCUT2D eigenvalue weighted by Crippen LogP contribution is -2.37. The first-order chi connectivity index (χ1) is 10.8. The Morgan fingerprint density at radius 1 is 1.05 bits per heavy atom. The van der Waals surface area contributed by atoms with E-state index in [-0.39, 0.29) is 0 Å². The maximum Gasteiger partial charge on any atom is 0.293 e. The number of hydrogen-bond donors (Lipinski definition) is 0. The molecule has 0 unspecified atom stereocenters. The second-order valence-corrected chi connectivity index (χ2v) is 6.75. The van der Waals surface area contributed by atoms with Crippen molar-refractivity contribution in [3.63, 3.8) is 0 Å². The van der Waals surface area contributed by atoms with Gasteiger partial charge in [0, 0.05) is 6.42 Å². The van der Waals surface area contributed by atoms with Gasteiger partial charge in [-0.2, -0.15) is 5.26 Å². The molecule has 1 aromatic heterocycles. The van der Waals surface area contributed by atoms with Crippen LogP contribution in [0.15, 0.2) is 0 Å². The molecule has 1 aromatic rings. The van der Waals surface area contributed by atoms with E-state index in [9.17, 15) is 5.26 Å². The molecule has 1 aliphatic carbocycles. The van der Waals surface area contributed by atoms with Crippen LogP contribution in [0, 0.1) is 11.3 Å². The van der Waals surface area contributed by atoms with Crippen molar-refractivity contribution in [1.82, 2.24) is 0 Å². The molecule has 2 aliphatic rings. The van der Waals surface area contributed by atoms with Crippen molar-refractivity contribution in [2.24, 2.45) is 0 Å². The Hall–Kier alpha value is -1.56. The number of aromatic amines is 1. The molecule has 1 saturated heterocycles. The quantitative estimate of drug-likeness (QED) is 0.852. The molecule has 1 aliphatic heterocycles. The largest absolute Gasteiger partial charge is 0.293 e. The molecule has 0 bridgehead atoms. The van der Waals surface area contributed by atoms with Crippen molar-refractivity contribution in [2.45, 2.75) is 71.1 Å². The van der Waals surface area contributed by atoms with E-state index in [0.29, 0.717) is 0 Å². The van der Waals surface area contributed by atoms with E-state index >= 15 is 0 Å². The summed E-state index contributed by atoms with van der Waals surface area (Å²) in [5, 5.41) is 9.78. The fourth-order valence-electron chi connectivity index (χ4n) is 3.98. The van der Waals surface area contributed by atoms with Crippen molar-refractivity contribution in [3.05, 3.63) is 22.4 Å². The summed E-state index contributed by atoms with van der Waals surface area (Å²) in [6.07, 6.45) is 12.2. The predicted octanol–water partition coefficient (Wildman–Crippen LogP) is 3.58. The van der Waals surface area contributed by atoms with Gasteiger partial charge in [0.1, 0.15) is 17.3 Å². The number of nitrogens with zero attached hydrogens (tertiary/aromatic N) is 2. The SMILES string of the molecule is CCCCc1[nH+]c(N2CCCCC2)c(C#N)c2c1CCCC2. The van der Waals surface area contributed by atoms with Gasteiger partial charge in [0.15, 0.2) is 0 Å². The number of nitrogens with one attached hydrogen (secondary N) is 1. The molecule has 0 amide bonds. The van der Waals surface area contributed by atoms with Gasteiger partial charge in [0.25, 0.3) is 5.82 Å². The number of fused-ring (bicyclic) bond motifs is 1. The molecule has 2 heterocycles. The van der Waals surface area contributed by atoms with E-state index in [1.807, 2.05) is 0 Å². The van der Waals surface area contributed by atoms with Gasteiger partial charge < -0.3 is 0 Å². The maximum atomic E-state index is 9.78. The van der Waals surface area contributed by atoms with E-state index in [0.717, 1.165) is 43.7 Å². The normalized spacial score (nSPS) is 17.9. The minimum absolute atomic E-state index is 0.942. The molecule has 1 N–H and O–H groups in total. The minimum atomic E-state index is 0.942. The predicted molar refractivity (Wildman–Crippen MR) is 89.0 cm³/mol. The summed E-state index contributed by atoms with van der Waals surface area (Å²) < 4.78 is 0. The van der Waals surface area contributed by atoms with Crippen LogP contribution < -0.4 is 9.88 Å². The number of rotatable bonds is 4. The van der Waals surface area contributed by atoms with Crippen LogP contribution in [0.5, 0.6) is 0 Å². The highest BCUT2D eigenvalue weighted by Gasteiger charge is 2.29. The Labute approximate surface area is 134 Å². The Morgan fingerprint density at radius 2 is 1.77 bits per heavy atom. The van der Waals surface area contributed by atoms with Gasteiger partial charge in [-0.15, -0.1) is 0 Å². The summed E-state index contributed by atoms with van der Waals surface area (Å²) in [5.41, 5.74) is 5.18. The van der Waals surface area contributed by atoms with Gasteiger partial charge in [-0.25, -0.2) is 4.98 Å². The summed E-state index contributed by atoms with van der Waals surface area (Å²) in [5.74, 6) is 1.12. The van der Waals surface area contributed by atoms with Gasteiger partial charge in [-0.1, -0.05) is 13.3 Å². The molecule has 0 radical (unpaired) electrons. The first kappa shape index (κ1) is 15.3. The lowest BCUT2D eigenvalue weighted by molar-refractivity contribution is -0.378. The number of pyridine rings is 1. The molecule has 3 rings (SSSR count). The van der Waals surface area contributed by atoms with Crippen molar-refractivity contribution in [3.8, 4) is 6.07 Å². The lowest BCUT2D eigenvalue weighted by atomic mass is 9.86. The Morgan fingerprint density at radius 3 is 2.45 bits per heavy atom. The molecule has 0 saturated carbocycles. The number of aromatic nitrogens is 1. The second-order valence-electron chi connectivity index (χ2n) is 6.75. The molecule has 0 atom stereocenters. The fourth-order valence-corrected chi connectivity index (χ4v) is 3.98. The molecule has 3 nitrogen and oxygen atoms in total. The number of unbranched alkanes of at least 4 members (excludes halogenated alkanes) is 1. The van der Waals surface area contributed by atoms with Gasteiger partial charge in [0.2, 0.25) is 0 Å². The molecule has 0 spiro atoms. The van der Waals surface area contributed by atoms with Gasteiger partial charge >= 0.3 is 0 Å². The van der Waals surface area contributed by atoms with E-state index in [2.05, 4.69) is 22.9 Å². The van der Waals surface area contributed by atoms with Gasteiger partial charge in [-0.05, 0) is 62.5 Å². The Kier molecular flexibility index (Phi) is 4.97. The topological polar surface area (TPSA) is 41.2 Å². The number of aryl methyl sites for hydroxylation is 1. The summed E-state index contributed by atoms with van der Waals surface area (Å²) in [6, 6.07) is 2.53. The third-order valence-corrected chi connectivity index (χ3v) is 5.20. The molecule has 3 heteroatoms. The number of hydrogen-bond acceptors (Lipinski definition) is 2. The van der Waals surface area contributed by atoms with Crippen molar-refractivity contribution in [1.29, 1.82) is 5.26 Å².